The minimum Gasteiger partial charge on any atom is -0.508 e. The summed E-state index contributed by atoms with van der Waals surface area (Å²) >= 11 is 0. The molecule has 0 amide bonds. The Morgan fingerprint density at radius 1 is 1.15 bits per heavy atom. The summed E-state index contributed by atoms with van der Waals surface area (Å²) in [5.74, 6) is -1.51. The number of aliphatic hydroxyl groups is 1. The molecular weight excluding hydrogens is 332 g/mol. The van der Waals surface area contributed by atoms with Crippen molar-refractivity contribution in [2.24, 2.45) is 11.8 Å². The van der Waals surface area contributed by atoms with Crippen molar-refractivity contribution in [2.75, 3.05) is 0 Å². The summed E-state index contributed by atoms with van der Waals surface area (Å²) in [5, 5.41) is 41.7. The molecule has 3 atom stereocenters. The molecule has 0 fully saturated rings. The number of carbonyl (C=O) groups is 1. The second kappa shape index (κ2) is 7.16. The minimum atomic E-state index is -0.735. The average Bonchev–Trinajstić information content (AvgIpc) is 2.53. The van der Waals surface area contributed by atoms with Crippen molar-refractivity contribution in [3.63, 3.8) is 0 Å². The Bertz CT molecular complexity index is 842. The number of rotatable bonds is 5. The zero-order valence-electron chi connectivity index (χ0n) is 15.2. The highest BCUT2D eigenvalue weighted by molar-refractivity contribution is 6.09. The molecule has 2 unspecified atom stereocenters. The van der Waals surface area contributed by atoms with Gasteiger partial charge in [0.05, 0.1) is 23.0 Å². The van der Waals surface area contributed by atoms with Crippen molar-refractivity contribution < 1.29 is 25.2 Å². The van der Waals surface area contributed by atoms with Gasteiger partial charge in [-0.3, -0.25) is 4.79 Å². The van der Waals surface area contributed by atoms with Crippen molar-refractivity contribution in [1.29, 1.82) is 0 Å². The maximum atomic E-state index is 13.1. The number of carbonyl (C=O) groups excluding carboxylic acids is 1. The van der Waals surface area contributed by atoms with Gasteiger partial charge in [-0.25, -0.2) is 0 Å². The summed E-state index contributed by atoms with van der Waals surface area (Å²) < 4.78 is 0. The summed E-state index contributed by atoms with van der Waals surface area (Å²) in [7, 11) is 0. The fourth-order valence-corrected chi connectivity index (χ4v) is 4.21. The van der Waals surface area contributed by atoms with Crippen LogP contribution < -0.4 is 0 Å². The third-order valence-electron chi connectivity index (χ3n) is 5.48. The summed E-state index contributed by atoms with van der Waals surface area (Å²) in [5.41, 5.74) is 0.880. The maximum Gasteiger partial charge on any atom is 0.172 e. The van der Waals surface area contributed by atoms with Gasteiger partial charge < -0.3 is 20.4 Å². The van der Waals surface area contributed by atoms with Crippen LogP contribution in [0.1, 0.15) is 55.5 Å². The highest BCUT2D eigenvalue weighted by atomic mass is 16.3. The van der Waals surface area contributed by atoms with Gasteiger partial charge in [0, 0.05) is 6.07 Å². The second-order valence-corrected chi connectivity index (χ2v) is 7.46. The lowest BCUT2D eigenvalue weighted by molar-refractivity contribution is 0.0472. The molecule has 26 heavy (non-hydrogen) atoms. The third kappa shape index (κ3) is 3.12. The van der Waals surface area contributed by atoms with Gasteiger partial charge >= 0.3 is 0 Å². The number of phenolic OH excluding ortho intramolecular Hbond substituents is 3. The van der Waals surface area contributed by atoms with Crippen molar-refractivity contribution in [1.82, 2.24) is 0 Å². The average molecular weight is 358 g/mol. The number of ketones is 1. The number of Topliss-reactive ketones (excluding diaryl/α,β-unsaturated/α-hetero) is 1. The molecule has 0 saturated carbocycles. The van der Waals surface area contributed by atoms with Crippen molar-refractivity contribution in [2.45, 2.75) is 52.1 Å². The van der Waals surface area contributed by atoms with Crippen LogP contribution in [0.3, 0.4) is 0 Å². The Hall–Kier alpha value is -2.27. The predicted molar refractivity (Wildman–Crippen MR) is 99.8 cm³/mol. The second-order valence-electron chi connectivity index (χ2n) is 7.46. The van der Waals surface area contributed by atoms with Crippen LogP contribution in [0.5, 0.6) is 17.2 Å². The quantitative estimate of drug-likeness (QED) is 0.608. The molecule has 1 aliphatic carbocycles. The lowest BCUT2D eigenvalue weighted by Gasteiger charge is -2.33. The largest absolute Gasteiger partial charge is 0.508 e. The number of phenols is 3. The number of fused-ring (bicyclic) bond motifs is 2. The number of aliphatic hydroxyl groups excluding tert-OH is 1. The molecule has 0 heterocycles. The predicted octanol–water partition coefficient (Wildman–Crippen LogP) is 3.89. The Kier molecular flexibility index (Phi) is 5.10. The van der Waals surface area contributed by atoms with Crippen LogP contribution >= 0.6 is 0 Å². The Morgan fingerprint density at radius 3 is 2.58 bits per heavy atom. The van der Waals surface area contributed by atoms with Gasteiger partial charge in [0.15, 0.2) is 5.78 Å². The molecule has 0 radical (unpaired) electrons. The monoisotopic (exact) mass is 358 g/mol. The van der Waals surface area contributed by atoms with E-state index in [4.69, 9.17) is 0 Å². The van der Waals surface area contributed by atoms with Gasteiger partial charge in [0.1, 0.15) is 17.2 Å². The van der Waals surface area contributed by atoms with Gasteiger partial charge in [-0.15, -0.1) is 0 Å². The first kappa shape index (κ1) is 18.5. The molecule has 0 saturated heterocycles. The Balaban J connectivity index is 2.04. The maximum absolute atomic E-state index is 13.1. The van der Waals surface area contributed by atoms with E-state index in [9.17, 15) is 25.2 Å². The number of aromatic hydroxyl groups is 3. The van der Waals surface area contributed by atoms with E-state index >= 15 is 0 Å². The van der Waals surface area contributed by atoms with E-state index in [-0.39, 0.29) is 39.9 Å². The van der Waals surface area contributed by atoms with Gasteiger partial charge in [0.2, 0.25) is 0 Å². The standard InChI is InChI=1S/C21H26O5/c1-3-4-5-6-15(23)17-11(2)7-12-8-13-9-14(22)10-16(24)18(13)21(26)19(12)20(17)25/h8-11,15,17,22-24,26H,3-7H2,1-2H3/t11-,15?,17?/m1/s1. The number of benzene rings is 2. The lowest BCUT2D eigenvalue weighted by Crippen LogP contribution is -2.38. The molecule has 5 heteroatoms. The Morgan fingerprint density at radius 2 is 1.88 bits per heavy atom. The highest BCUT2D eigenvalue weighted by Gasteiger charge is 2.39. The fraction of sp³-hybridized carbons (Fsp3) is 0.476. The molecular formula is C21H26O5. The first-order valence-electron chi connectivity index (χ1n) is 9.28. The summed E-state index contributed by atoms with van der Waals surface area (Å²) in [6.45, 7) is 4.03. The van der Waals surface area contributed by atoms with Crippen molar-refractivity contribution in [3.8, 4) is 17.2 Å². The van der Waals surface area contributed by atoms with E-state index in [0.29, 0.717) is 23.8 Å². The molecule has 2 aromatic rings. The molecule has 1 aliphatic rings. The molecule has 4 N–H and O–H groups in total. The van der Waals surface area contributed by atoms with Crippen LogP contribution in [0.2, 0.25) is 0 Å². The molecule has 3 rings (SSSR count). The molecule has 0 aromatic heterocycles. The van der Waals surface area contributed by atoms with Crippen molar-refractivity contribution >= 4 is 16.6 Å². The summed E-state index contributed by atoms with van der Waals surface area (Å²) in [6, 6.07) is 4.33. The van der Waals surface area contributed by atoms with Gasteiger partial charge in [-0.2, -0.15) is 0 Å². The zero-order valence-corrected chi connectivity index (χ0v) is 15.2. The summed E-state index contributed by atoms with van der Waals surface area (Å²) in [6.07, 6.45) is 3.30. The van der Waals surface area contributed by atoms with Crippen molar-refractivity contribution in [3.05, 3.63) is 29.3 Å². The molecule has 0 bridgehead atoms. The number of hydrogen-bond donors (Lipinski definition) is 4. The van der Waals surface area contributed by atoms with Crippen LogP contribution in [0, 0.1) is 11.8 Å². The lowest BCUT2D eigenvalue weighted by atomic mass is 9.71. The van der Waals surface area contributed by atoms with Crippen LogP contribution in [0.4, 0.5) is 0 Å². The van der Waals surface area contributed by atoms with E-state index in [0.717, 1.165) is 25.3 Å². The van der Waals surface area contributed by atoms with Gasteiger partial charge in [-0.05, 0) is 41.8 Å². The number of unbranched alkanes of at least 4 members (excludes halogenated alkanes) is 2. The van der Waals surface area contributed by atoms with Crippen LogP contribution in [0.25, 0.3) is 10.8 Å². The molecule has 0 aliphatic heterocycles. The number of hydrogen-bond acceptors (Lipinski definition) is 5. The van der Waals surface area contributed by atoms with Crippen LogP contribution in [0.15, 0.2) is 18.2 Å². The van der Waals surface area contributed by atoms with Crippen LogP contribution in [-0.2, 0) is 6.42 Å². The Labute approximate surface area is 152 Å². The molecule has 0 spiro atoms. The first-order chi connectivity index (χ1) is 12.3. The topological polar surface area (TPSA) is 98.0 Å². The van der Waals surface area contributed by atoms with E-state index < -0.39 is 12.0 Å². The van der Waals surface area contributed by atoms with Gasteiger partial charge in [0.25, 0.3) is 0 Å². The molecule has 5 nitrogen and oxygen atoms in total. The third-order valence-corrected chi connectivity index (χ3v) is 5.48. The minimum absolute atomic E-state index is 0.0469. The first-order valence-corrected chi connectivity index (χ1v) is 9.28. The van der Waals surface area contributed by atoms with Crippen LogP contribution in [-0.4, -0.2) is 32.3 Å². The van der Waals surface area contributed by atoms with E-state index in [1.165, 1.54) is 6.07 Å². The molecule has 140 valence electrons. The smallest absolute Gasteiger partial charge is 0.172 e. The highest BCUT2D eigenvalue weighted by Crippen LogP contribution is 2.44. The normalized spacial score (nSPS) is 21.0. The van der Waals surface area contributed by atoms with E-state index in [2.05, 4.69) is 6.92 Å². The SMILES string of the molecule is CCCCCC(O)C1C(=O)c2c(cc3cc(O)cc(O)c3c2O)C[C@H]1C. The summed E-state index contributed by atoms with van der Waals surface area (Å²) in [4.78, 5) is 13.1. The molecule has 2 aromatic carbocycles. The van der Waals surface area contributed by atoms with E-state index in [1.54, 1.807) is 6.07 Å². The van der Waals surface area contributed by atoms with Gasteiger partial charge in [-0.1, -0.05) is 33.1 Å². The zero-order chi connectivity index (χ0) is 19.0. The van der Waals surface area contributed by atoms with E-state index in [1.807, 2.05) is 6.92 Å². The fourth-order valence-electron chi connectivity index (χ4n) is 4.21.